The van der Waals surface area contributed by atoms with Gasteiger partial charge in [0.25, 0.3) is 0 Å². The van der Waals surface area contributed by atoms with Crippen LogP contribution in [0.5, 0.6) is 28.7 Å². The maximum atomic E-state index is 14.2. The second-order valence-corrected chi connectivity index (χ2v) is 31.5. The van der Waals surface area contributed by atoms with Gasteiger partial charge in [0.15, 0.2) is 92.7 Å². The molecule has 119 heavy (non-hydrogen) atoms. The van der Waals surface area contributed by atoms with Gasteiger partial charge < -0.3 is 23.7 Å². The number of benzene rings is 12. The van der Waals surface area contributed by atoms with Crippen molar-refractivity contribution in [1.82, 2.24) is 0 Å². The summed E-state index contributed by atoms with van der Waals surface area (Å²) in [6, 6.07) is 31.7. The Morgan fingerprint density at radius 3 is 0.597 bits per heavy atom. The van der Waals surface area contributed by atoms with Crippen molar-refractivity contribution < 1.29 is 138 Å². The summed E-state index contributed by atoms with van der Waals surface area (Å²) in [7, 11) is 3.92. The molecular weight excluding hydrogens is 1750 g/mol. The molecule has 0 aliphatic rings. The normalized spacial score (nSPS) is 12.0. The van der Waals surface area contributed by atoms with E-state index >= 15 is 0 Å². The Morgan fingerprint density at radius 1 is 0.202 bits per heavy atom. The number of hydrogen-bond acceptors (Lipinski definition) is 11. The van der Waals surface area contributed by atoms with Crippen LogP contribution in [0.15, 0.2) is 146 Å². The molecule has 0 bridgehead atoms. The Kier molecular flexibility index (Phi) is 23.6. The van der Waals surface area contributed by atoms with E-state index in [1.807, 2.05) is 0 Å². The molecule has 0 atom stereocenters. The summed E-state index contributed by atoms with van der Waals surface area (Å²) in [5.74, 6) is -13.8. The smallest absolute Gasteiger partial charge is 0.494 e. The number of hydrogen-bond donors (Lipinski definition) is 0. The molecule has 5 nitrogen and oxygen atoms in total. The standard InChI is InChI=1S/C14H7F5O2S.2C14H7F5OS.C14H7F5S.C13H7F3OS.C13H7F3S/c1-20-8-4-2-6-7-3-5-9(21-14(17,18)19)11(16)13(7)22-12(6)10(8)15;1-20-9-5-3-7-6-2-4-8(14(17,18)19)10(15)12(6)21-13(7)11(9)16;1-6-2-3-7-8-4-5-9(20-14(17,18)19)11(16)13(8)21-12(7)10(6)15;1-6-2-3-7-8-4-5-9(14(17,18)19)11(16)13(8)20-12(7)10(6)15;1-17-9-5-3-7-6-2-4-8(14)10(15)12(6)18-13(7)11(9)16;1-6-2-3-7-8-4-5-9(14)11(16)13(8)17-12(7)10(6)15/h2-5H,1H3;2*2-5H,1H3;2-5H,1H3;2-5H,1H3;2-5H,1H3. The molecule has 0 saturated carbocycles. The van der Waals surface area contributed by atoms with Gasteiger partial charge in [-0.25, -0.2) is 61.5 Å². The van der Waals surface area contributed by atoms with E-state index in [1.165, 1.54) is 88.1 Å². The van der Waals surface area contributed by atoms with Crippen LogP contribution in [0.4, 0.5) is 114 Å². The summed E-state index contributed by atoms with van der Waals surface area (Å²) in [5.41, 5.74) is -1.41. The van der Waals surface area contributed by atoms with Gasteiger partial charge in [0.1, 0.15) is 17.5 Å². The summed E-state index contributed by atoms with van der Waals surface area (Å²) in [5, 5.41) is 5.15. The van der Waals surface area contributed by atoms with Crippen LogP contribution in [-0.4, -0.2) is 34.1 Å². The molecule has 0 N–H and O–H groups in total. The van der Waals surface area contributed by atoms with Crippen LogP contribution in [0.1, 0.15) is 27.8 Å². The average Bonchev–Trinajstić information content (AvgIpc) is 1.63. The van der Waals surface area contributed by atoms with Gasteiger partial charge in [0.2, 0.25) is 0 Å². The van der Waals surface area contributed by atoms with Crippen molar-refractivity contribution in [2.45, 2.75) is 45.8 Å². The van der Waals surface area contributed by atoms with E-state index in [4.69, 9.17) is 14.2 Å². The summed E-state index contributed by atoms with van der Waals surface area (Å²) in [6.45, 7) is 4.76. The Labute approximate surface area is 673 Å². The van der Waals surface area contributed by atoms with Crippen molar-refractivity contribution in [3.8, 4) is 28.7 Å². The number of alkyl halides is 12. The zero-order chi connectivity index (χ0) is 86.5. The molecule has 6 heterocycles. The highest BCUT2D eigenvalue weighted by atomic mass is 32.1. The molecule has 0 aliphatic carbocycles. The SMILES string of the molecule is COc1ccc2c(sc3c(F)c(C(F)(F)F)ccc32)c1F.COc1ccc2c(sc3c(F)c(F)ccc32)c1F.COc1ccc2c(sc3c(F)c(OC(F)(F)F)ccc32)c1F.Cc1ccc2c(sc3c(F)c(C(F)(F)F)ccc32)c1F.Cc1ccc2c(sc3c(F)c(F)ccc32)c1F.Cc1ccc2c(sc3c(F)c(OC(F)(F)F)ccc32)c1F. The Hall–Kier alpha value is -10.9. The van der Waals surface area contributed by atoms with Crippen molar-refractivity contribution in [1.29, 1.82) is 0 Å². The molecule has 0 radical (unpaired) electrons. The quantitative estimate of drug-likeness (QED) is 0.161. The highest BCUT2D eigenvalue weighted by Crippen LogP contribution is 2.49. The number of ether oxygens (including phenoxy) is 5. The minimum atomic E-state index is -5.00. The van der Waals surface area contributed by atoms with E-state index in [9.17, 15) is 114 Å². The van der Waals surface area contributed by atoms with Gasteiger partial charge in [-0.3, -0.25) is 0 Å². The lowest BCUT2D eigenvalue weighted by atomic mass is 10.1. The number of aryl methyl sites for hydroxylation is 3. The highest BCUT2D eigenvalue weighted by Gasteiger charge is 2.39. The van der Waals surface area contributed by atoms with Crippen LogP contribution in [0.3, 0.4) is 0 Å². The van der Waals surface area contributed by atoms with Gasteiger partial charge in [-0.15, -0.1) is 94.4 Å². The fourth-order valence-electron chi connectivity index (χ4n) is 12.5. The van der Waals surface area contributed by atoms with Crippen LogP contribution in [-0.2, 0) is 12.4 Å². The predicted molar refractivity (Wildman–Crippen MR) is 413 cm³/mol. The average molecular weight is 1790 g/mol. The van der Waals surface area contributed by atoms with Crippen LogP contribution in [0, 0.1) is 102 Å². The van der Waals surface area contributed by atoms with Gasteiger partial charge in [-0.05, 0) is 135 Å². The Balaban J connectivity index is 0.000000124. The van der Waals surface area contributed by atoms with Gasteiger partial charge in [-0.1, -0.05) is 48.5 Å². The van der Waals surface area contributed by atoms with Gasteiger partial charge in [-0.2, -0.15) is 26.3 Å². The monoisotopic (exact) mass is 1790 g/mol. The fraction of sp³-hybridized carbons (Fsp3) is 0.122. The zero-order valence-electron chi connectivity index (χ0n) is 60.2. The van der Waals surface area contributed by atoms with Crippen molar-refractivity contribution >= 4 is 189 Å². The lowest BCUT2D eigenvalue weighted by Gasteiger charge is -2.09. The first kappa shape index (κ1) is 86.0. The molecule has 6 aromatic heterocycles. The van der Waals surface area contributed by atoms with Crippen LogP contribution in [0.2, 0.25) is 0 Å². The van der Waals surface area contributed by atoms with Gasteiger partial charge >= 0.3 is 25.1 Å². The van der Waals surface area contributed by atoms with Crippen molar-refractivity contribution in [2.75, 3.05) is 21.3 Å². The topological polar surface area (TPSA) is 46.2 Å². The van der Waals surface area contributed by atoms with E-state index < -0.39 is 123 Å². The van der Waals surface area contributed by atoms with Gasteiger partial charge in [0.05, 0.1) is 88.9 Å². The van der Waals surface area contributed by atoms with Crippen LogP contribution in [0.25, 0.3) is 121 Å². The molecule has 37 heteroatoms. The second kappa shape index (κ2) is 32.7. The minimum Gasteiger partial charge on any atom is -0.494 e. The summed E-state index contributed by atoms with van der Waals surface area (Å²) >= 11 is 4.68. The van der Waals surface area contributed by atoms with E-state index in [1.54, 1.807) is 57.2 Å². The molecule has 18 aromatic rings. The first-order chi connectivity index (χ1) is 56.0. The molecule has 12 aromatic carbocycles. The first-order valence-electron chi connectivity index (χ1n) is 33.4. The molecule has 0 aliphatic heterocycles. The van der Waals surface area contributed by atoms with E-state index in [0.29, 0.717) is 127 Å². The molecule has 0 unspecified atom stereocenters. The Morgan fingerprint density at radius 2 is 0.378 bits per heavy atom. The second-order valence-electron chi connectivity index (χ2n) is 25.4. The lowest BCUT2D eigenvalue weighted by molar-refractivity contribution is -0.276. The molecular formula is C82H42F26O5S6. The number of fused-ring (bicyclic) bond motifs is 18. The number of halogens is 26. The van der Waals surface area contributed by atoms with E-state index in [2.05, 4.69) is 9.47 Å². The third-order valence-corrected chi connectivity index (χ3v) is 25.4. The minimum absolute atomic E-state index is 0.0220. The summed E-state index contributed by atoms with van der Waals surface area (Å²) in [6.07, 6.45) is -19.5. The fourth-order valence-corrected chi connectivity index (χ4v) is 19.7. The third kappa shape index (κ3) is 16.4. The molecule has 0 saturated heterocycles. The third-order valence-electron chi connectivity index (χ3n) is 18.2. The van der Waals surface area contributed by atoms with Crippen molar-refractivity contribution in [2.24, 2.45) is 0 Å². The number of methoxy groups -OCH3 is 3. The van der Waals surface area contributed by atoms with Crippen LogP contribution < -0.4 is 23.7 Å². The summed E-state index contributed by atoms with van der Waals surface area (Å²) in [4.78, 5) is 0. The van der Waals surface area contributed by atoms with Crippen molar-refractivity contribution in [3.63, 3.8) is 0 Å². The lowest BCUT2D eigenvalue weighted by Crippen LogP contribution is -2.17. The summed E-state index contributed by atoms with van der Waals surface area (Å²) < 4.78 is 366. The zero-order valence-corrected chi connectivity index (χ0v) is 65.1. The maximum absolute atomic E-state index is 14.2. The van der Waals surface area contributed by atoms with Crippen LogP contribution >= 0.6 is 68.0 Å². The largest absolute Gasteiger partial charge is 0.573 e. The molecule has 18 rings (SSSR count). The molecule has 618 valence electrons. The van der Waals surface area contributed by atoms with E-state index in [0.717, 1.165) is 64.3 Å². The molecule has 0 spiro atoms. The Bertz CT molecular complexity index is 7010. The molecule has 0 fully saturated rings. The predicted octanol–water partition coefficient (Wildman–Crippen LogP) is 31.1. The van der Waals surface area contributed by atoms with Crippen molar-refractivity contribution in [3.05, 3.63) is 255 Å². The number of thiophene rings is 6. The maximum Gasteiger partial charge on any atom is 0.573 e. The van der Waals surface area contributed by atoms with E-state index in [-0.39, 0.29) is 80.2 Å². The molecule has 0 amide bonds. The number of rotatable bonds is 5. The highest BCUT2D eigenvalue weighted by molar-refractivity contribution is 7.28. The first-order valence-corrected chi connectivity index (χ1v) is 38.3. The van der Waals surface area contributed by atoms with Gasteiger partial charge in [0, 0.05) is 64.6 Å².